The number of carbonyl (C=O) groups is 1. The van der Waals surface area contributed by atoms with E-state index in [2.05, 4.69) is 34.9 Å². The number of piperidine rings is 1. The maximum absolute atomic E-state index is 13.2. The Bertz CT molecular complexity index is 1370. The Morgan fingerprint density at radius 1 is 0.972 bits per heavy atom. The SMILES string of the molecule is COc1ccc(Cc2nc3ccccc3n2C2CCN(C(=O)C3COc4ccccc4O3)CC2)cc1. The summed E-state index contributed by atoms with van der Waals surface area (Å²) < 4.78 is 19.4. The summed E-state index contributed by atoms with van der Waals surface area (Å²) in [5, 5.41) is 0. The summed E-state index contributed by atoms with van der Waals surface area (Å²) in [4.78, 5) is 20.1. The fraction of sp³-hybridized carbons (Fsp3) is 0.310. The van der Waals surface area contributed by atoms with Gasteiger partial charge in [0.1, 0.15) is 18.2 Å². The normalized spacial score (nSPS) is 17.8. The Kier molecular flexibility index (Phi) is 5.97. The van der Waals surface area contributed by atoms with Gasteiger partial charge in [-0.15, -0.1) is 0 Å². The molecule has 1 fully saturated rings. The van der Waals surface area contributed by atoms with Crippen LogP contribution in [0.15, 0.2) is 72.8 Å². The summed E-state index contributed by atoms with van der Waals surface area (Å²) in [5.41, 5.74) is 3.34. The van der Waals surface area contributed by atoms with Crippen molar-refractivity contribution < 1.29 is 19.0 Å². The maximum Gasteiger partial charge on any atom is 0.267 e. The van der Waals surface area contributed by atoms with E-state index in [0.29, 0.717) is 24.6 Å². The lowest BCUT2D eigenvalue weighted by Gasteiger charge is -2.36. The summed E-state index contributed by atoms with van der Waals surface area (Å²) in [6.07, 6.45) is 1.87. The first-order valence-electron chi connectivity index (χ1n) is 12.5. The summed E-state index contributed by atoms with van der Waals surface area (Å²) in [6, 6.07) is 24.2. The van der Waals surface area contributed by atoms with E-state index >= 15 is 0 Å². The molecule has 0 aliphatic carbocycles. The van der Waals surface area contributed by atoms with E-state index in [4.69, 9.17) is 19.2 Å². The third-order valence-corrected chi connectivity index (χ3v) is 7.12. The number of carbonyl (C=O) groups excluding carboxylic acids is 1. The molecule has 0 bridgehead atoms. The third kappa shape index (κ3) is 4.26. The zero-order chi connectivity index (χ0) is 24.5. The lowest BCUT2D eigenvalue weighted by Crippen LogP contribution is -2.49. The van der Waals surface area contributed by atoms with Crippen molar-refractivity contribution in [3.63, 3.8) is 0 Å². The average molecular weight is 484 g/mol. The van der Waals surface area contributed by atoms with Crippen LogP contribution < -0.4 is 14.2 Å². The van der Waals surface area contributed by atoms with Crippen LogP contribution >= 0.6 is 0 Å². The summed E-state index contributed by atoms with van der Waals surface area (Å²) >= 11 is 0. The van der Waals surface area contributed by atoms with Crippen LogP contribution in [-0.4, -0.2) is 53.3 Å². The van der Waals surface area contributed by atoms with Crippen LogP contribution in [0.1, 0.15) is 30.3 Å². The number of nitrogens with zero attached hydrogens (tertiary/aromatic N) is 3. The molecule has 36 heavy (non-hydrogen) atoms. The predicted octanol–water partition coefficient (Wildman–Crippen LogP) is 4.64. The molecule has 3 aromatic carbocycles. The minimum Gasteiger partial charge on any atom is -0.497 e. The molecular weight excluding hydrogens is 454 g/mol. The molecule has 6 rings (SSSR count). The number of aromatic nitrogens is 2. The first-order valence-corrected chi connectivity index (χ1v) is 12.5. The summed E-state index contributed by atoms with van der Waals surface area (Å²) in [7, 11) is 1.68. The van der Waals surface area contributed by atoms with Crippen molar-refractivity contribution in [3.8, 4) is 17.2 Å². The van der Waals surface area contributed by atoms with E-state index in [-0.39, 0.29) is 18.6 Å². The highest BCUT2D eigenvalue weighted by molar-refractivity contribution is 5.82. The van der Waals surface area contributed by atoms with Crippen LogP contribution in [0.4, 0.5) is 0 Å². The van der Waals surface area contributed by atoms with Crippen LogP contribution in [0.25, 0.3) is 11.0 Å². The van der Waals surface area contributed by atoms with Crippen molar-refractivity contribution in [2.45, 2.75) is 31.4 Å². The van der Waals surface area contributed by atoms with Gasteiger partial charge in [0, 0.05) is 25.6 Å². The van der Waals surface area contributed by atoms with Crippen molar-refractivity contribution in [2.75, 3.05) is 26.8 Å². The second-order valence-electron chi connectivity index (χ2n) is 9.33. The molecule has 1 amide bonds. The maximum atomic E-state index is 13.2. The Morgan fingerprint density at radius 2 is 1.69 bits per heavy atom. The van der Waals surface area contributed by atoms with E-state index in [0.717, 1.165) is 41.9 Å². The van der Waals surface area contributed by atoms with Gasteiger partial charge >= 0.3 is 0 Å². The molecule has 0 spiro atoms. The number of hydrogen-bond donors (Lipinski definition) is 0. The fourth-order valence-electron chi connectivity index (χ4n) is 5.24. The fourth-order valence-corrected chi connectivity index (χ4v) is 5.24. The molecule has 1 saturated heterocycles. The van der Waals surface area contributed by atoms with E-state index in [9.17, 15) is 4.79 Å². The third-order valence-electron chi connectivity index (χ3n) is 7.12. The van der Waals surface area contributed by atoms with E-state index in [1.807, 2.05) is 47.4 Å². The van der Waals surface area contributed by atoms with Crippen molar-refractivity contribution in [3.05, 3.63) is 84.2 Å². The van der Waals surface area contributed by atoms with Gasteiger partial charge < -0.3 is 23.7 Å². The lowest BCUT2D eigenvalue weighted by molar-refractivity contribution is -0.142. The van der Waals surface area contributed by atoms with E-state index in [1.165, 1.54) is 5.56 Å². The molecule has 0 saturated carbocycles. The molecule has 7 heteroatoms. The molecule has 7 nitrogen and oxygen atoms in total. The highest BCUT2D eigenvalue weighted by atomic mass is 16.6. The molecule has 2 aliphatic heterocycles. The van der Waals surface area contributed by atoms with Gasteiger partial charge in [-0.3, -0.25) is 4.79 Å². The summed E-state index contributed by atoms with van der Waals surface area (Å²) in [6.45, 7) is 1.60. The molecule has 1 aromatic heterocycles. The van der Waals surface area contributed by atoms with Gasteiger partial charge in [-0.2, -0.15) is 0 Å². The van der Waals surface area contributed by atoms with Crippen molar-refractivity contribution >= 4 is 16.9 Å². The van der Waals surface area contributed by atoms with Gasteiger partial charge in [0.05, 0.1) is 18.1 Å². The van der Waals surface area contributed by atoms with E-state index in [1.54, 1.807) is 7.11 Å². The highest BCUT2D eigenvalue weighted by Gasteiger charge is 2.34. The number of ether oxygens (including phenoxy) is 3. The molecule has 4 aromatic rings. The average Bonchev–Trinajstić information content (AvgIpc) is 3.30. The molecule has 1 unspecified atom stereocenters. The summed E-state index contributed by atoms with van der Waals surface area (Å²) in [5.74, 6) is 3.21. The smallest absolute Gasteiger partial charge is 0.267 e. The molecule has 184 valence electrons. The van der Waals surface area contributed by atoms with Crippen molar-refractivity contribution in [1.82, 2.24) is 14.5 Å². The van der Waals surface area contributed by atoms with Crippen LogP contribution in [0.5, 0.6) is 17.2 Å². The minimum absolute atomic E-state index is 0.00287. The number of imidazole rings is 1. The highest BCUT2D eigenvalue weighted by Crippen LogP contribution is 2.33. The second-order valence-corrected chi connectivity index (χ2v) is 9.33. The van der Waals surface area contributed by atoms with Gasteiger partial charge in [0.25, 0.3) is 5.91 Å². The van der Waals surface area contributed by atoms with Gasteiger partial charge in [-0.1, -0.05) is 36.4 Å². The number of fused-ring (bicyclic) bond motifs is 2. The van der Waals surface area contributed by atoms with Gasteiger partial charge in [0.15, 0.2) is 11.5 Å². The van der Waals surface area contributed by atoms with Crippen molar-refractivity contribution in [2.24, 2.45) is 0 Å². The topological polar surface area (TPSA) is 65.8 Å². The molecule has 3 heterocycles. The Morgan fingerprint density at radius 3 is 2.47 bits per heavy atom. The van der Waals surface area contributed by atoms with E-state index < -0.39 is 6.10 Å². The van der Waals surface area contributed by atoms with Crippen LogP contribution in [0, 0.1) is 0 Å². The standard InChI is InChI=1S/C29H29N3O4/c1-34-22-12-10-20(11-13-22)18-28-30-23-6-2-3-7-24(23)32(28)21-14-16-31(17-15-21)29(33)27-19-35-25-8-4-5-9-26(25)36-27/h2-13,21,27H,14-19H2,1H3. The Balaban J connectivity index is 1.18. The molecular formula is C29H29N3O4. The Labute approximate surface area is 210 Å². The first kappa shape index (κ1) is 22.5. The molecule has 0 N–H and O–H groups in total. The molecule has 0 radical (unpaired) electrons. The molecule has 2 aliphatic rings. The zero-order valence-electron chi connectivity index (χ0n) is 20.3. The van der Waals surface area contributed by atoms with Crippen molar-refractivity contribution in [1.29, 1.82) is 0 Å². The Hall–Kier alpha value is -4.00. The number of rotatable bonds is 5. The van der Waals surface area contributed by atoms with Gasteiger partial charge in [0.2, 0.25) is 6.10 Å². The molecule has 1 atom stereocenters. The minimum atomic E-state index is -0.601. The number of likely N-dealkylation sites (tertiary alicyclic amines) is 1. The number of para-hydroxylation sites is 4. The van der Waals surface area contributed by atoms with Crippen LogP contribution in [-0.2, 0) is 11.2 Å². The first-order chi connectivity index (χ1) is 17.7. The second kappa shape index (κ2) is 9.57. The largest absolute Gasteiger partial charge is 0.497 e. The number of benzene rings is 3. The monoisotopic (exact) mass is 483 g/mol. The predicted molar refractivity (Wildman–Crippen MR) is 137 cm³/mol. The number of methoxy groups -OCH3 is 1. The van der Waals surface area contributed by atoms with Crippen LogP contribution in [0.3, 0.4) is 0 Å². The van der Waals surface area contributed by atoms with Crippen LogP contribution in [0.2, 0.25) is 0 Å². The van der Waals surface area contributed by atoms with Gasteiger partial charge in [-0.25, -0.2) is 4.98 Å². The zero-order valence-corrected chi connectivity index (χ0v) is 20.3. The number of amides is 1. The number of hydrogen-bond acceptors (Lipinski definition) is 5. The quantitative estimate of drug-likeness (QED) is 0.414. The lowest BCUT2D eigenvalue weighted by atomic mass is 10.0. The van der Waals surface area contributed by atoms with Gasteiger partial charge in [-0.05, 0) is 54.8 Å².